The second kappa shape index (κ2) is 7.73. The van der Waals surface area contributed by atoms with Gasteiger partial charge in [0.2, 0.25) is 0 Å². The molecule has 1 N–H and O–H groups in total. The third-order valence-electron chi connectivity index (χ3n) is 4.71. The van der Waals surface area contributed by atoms with Crippen molar-refractivity contribution in [1.29, 1.82) is 0 Å². The van der Waals surface area contributed by atoms with Gasteiger partial charge in [-0.15, -0.1) is 0 Å². The molecule has 0 spiro atoms. The summed E-state index contributed by atoms with van der Waals surface area (Å²) in [6.45, 7) is 4.04. The van der Waals surface area contributed by atoms with Gasteiger partial charge in [0.1, 0.15) is 11.5 Å². The lowest BCUT2D eigenvalue weighted by atomic mass is 10.2. The van der Waals surface area contributed by atoms with Crippen LogP contribution in [0.25, 0.3) is 0 Å². The third-order valence-corrected chi connectivity index (χ3v) is 4.71. The first-order valence-electron chi connectivity index (χ1n) is 8.46. The summed E-state index contributed by atoms with van der Waals surface area (Å²) >= 11 is 0. The Morgan fingerprint density at radius 3 is 2.54 bits per heavy atom. The molecule has 130 valence electrons. The van der Waals surface area contributed by atoms with E-state index in [1.807, 2.05) is 6.07 Å². The summed E-state index contributed by atoms with van der Waals surface area (Å²) in [5.74, 6) is 1.70. The maximum Gasteiger partial charge on any atom is 0.122 e. The zero-order valence-corrected chi connectivity index (χ0v) is 14.8. The lowest BCUT2D eigenvalue weighted by Crippen LogP contribution is -2.32. The van der Waals surface area contributed by atoms with Crippen molar-refractivity contribution in [1.82, 2.24) is 14.8 Å². The molecule has 0 radical (unpaired) electrons. The molecule has 1 atom stereocenters. The smallest absolute Gasteiger partial charge is 0.122 e. The van der Waals surface area contributed by atoms with E-state index in [1.165, 1.54) is 17.7 Å². The fraction of sp³-hybridized carbons (Fsp3) is 0.474. The van der Waals surface area contributed by atoms with Crippen molar-refractivity contribution >= 4 is 0 Å². The van der Waals surface area contributed by atoms with Crippen LogP contribution in [0, 0.1) is 0 Å². The molecule has 0 aliphatic carbocycles. The molecule has 0 saturated carbocycles. The molecule has 1 fully saturated rings. The van der Waals surface area contributed by atoms with Gasteiger partial charge in [0, 0.05) is 57.2 Å². The lowest BCUT2D eigenvalue weighted by Gasteiger charge is -2.18. The minimum Gasteiger partial charge on any atom is -0.497 e. The van der Waals surface area contributed by atoms with Crippen LogP contribution in [-0.2, 0) is 20.1 Å². The average Bonchev–Trinajstić information content (AvgIpc) is 3.21. The van der Waals surface area contributed by atoms with Crippen LogP contribution < -0.4 is 14.8 Å². The van der Waals surface area contributed by atoms with Gasteiger partial charge in [0.15, 0.2) is 0 Å². The van der Waals surface area contributed by atoms with Crippen LogP contribution in [0.4, 0.5) is 0 Å². The number of methoxy groups -OCH3 is 2. The van der Waals surface area contributed by atoms with Crippen LogP contribution in [0.3, 0.4) is 0 Å². The van der Waals surface area contributed by atoms with Gasteiger partial charge in [-0.3, -0.25) is 4.90 Å². The highest BCUT2D eigenvalue weighted by atomic mass is 16.5. The molecule has 1 saturated heterocycles. The summed E-state index contributed by atoms with van der Waals surface area (Å²) in [6.07, 6.45) is 3.28. The number of rotatable bonds is 7. The molecule has 2 aromatic rings. The van der Waals surface area contributed by atoms with Crippen LogP contribution in [-0.4, -0.2) is 42.8 Å². The van der Waals surface area contributed by atoms with Gasteiger partial charge >= 0.3 is 0 Å². The summed E-state index contributed by atoms with van der Waals surface area (Å²) in [5, 5.41) is 3.67. The van der Waals surface area contributed by atoms with Crippen molar-refractivity contribution in [2.45, 2.75) is 25.6 Å². The Hall–Kier alpha value is -1.98. The minimum absolute atomic E-state index is 0.549. The summed E-state index contributed by atoms with van der Waals surface area (Å²) in [7, 11) is 5.48. The molecule has 0 unspecified atom stereocenters. The van der Waals surface area contributed by atoms with E-state index in [1.54, 1.807) is 14.2 Å². The van der Waals surface area contributed by atoms with E-state index < -0.39 is 0 Å². The number of nitrogens with one attached hydrogen (secondary N) is 1. The first-order chi connectivity index (χ1) is 11.7. The first-order valence-corrected chi connectivity index (χ1v) is 8.46. The van der Waals surface area contributed by atoms with Gasteiger partial charge in [-0.2, -0.15) is 0 Å². The molecular formula is C19H27N3O2. The molecule has 1 aliphatic rings. The van der Waals surface area contributed by atoms with Crippen molar-refractivity contribution in [2.24, 2.45) is 7.05 Å². The average molecular weight is 329 g/mol. The van der Waals surface area contributed by atoms with Gasteiger partial charge in [-0.25, -0.2) is 0 Å². The standard InChI is InChI=1S/C19H27N3O2/c1-21-7-4-5-17(21)12-20-16-6-8-22(14-16)13-15-9-18(23-2)11-19(10-15)24-3/h4-5,7,9-11,16,20H,6,8,12-14H2,1-3H3/t16-/m1/s1. The van der Waals surface area contributed by atoms with E-state index in [4.69, 9.17) is 9.47 Å². The Morgan fingerprint density at radius 2 is 1.92 bits per heavy atom. The van der Waals surface area contributed by atoms with Crippen LogP contribution in [0.15, 0.2) is 36.5 Å². The molecule has 0 amide bonds. The Bertz CT molecular complexity index is 646. The normalized spacial score (nSPS) is 18.0. The zero-order valence-electron chi connectivity index (χ0n) is 14.8. The Labute approximate surface area is 144 Å². The number of likely N-dealkylation sites (tertiary alicyclic amines) is 1. The van der Waals surface area contributed by atoms with Gasteiger partial charge in [-0.1, -0.05) is 0 Å². The minimum atomic E-state index is 0.549. The van der Waals surface area contributed by atoms with Crippen LogP contribution in [0.5, 0.6) is 11.5 Å². The summed E-state index contributed by atoms with van der Waals surface area (Å²) in [4.78, 5) is 2.48. The predicted molar refractivity (Wildman–Crippen MR) is 95.5 cm³/mol. The summed E-state index contributed by atoms with van der Waals surface area (Å²) in [5.41, 5.74) is 2.56. The number of aryl methyl sites for hydroxylation is 1. The van der Waals surface area contributed by atoms with Crippen LogP contribution in [0.2, 0.25) is 0 Å². The number of benzene rings is 1. The molecule has 2 heterocycles. The lowest BCUT2D eigenvalue weighted by molar-refractivity contribution is 0.317. The largest absolute Gasteiger partial charge is 0.497 e. The fourth-order valence-corrected chi connectivity index (χ4v) is 3.29. The van der Waals surface area contributed by atoms with Crippen molar-refractivity contribution < 1.29 is 9.47 Å². The van der Waals surface area contributed by atoms with E-state index in [-0.39, 0.29) is 0 Å². The third kappa shape index (κ3) is 4.10. The SMILES string of the molecule is COc1cc(CN2CC[C@@H](NCc3cccn3C)C2)cc(OC)c1. The molecule has 1 aromatic carbocycles. The Kier molecular flexibility index (Phi) is 5.43. The number of ether oxygens (including phenoxy) is 2. The molecule has 24 heavy (non-hydrogen) atoms. The number of hydrogen-bond donors (Lipinski definition) is 1. The number of nitrogens with zero attached hydrogens (tertiary/aromatic N) is 2. The molecule has 3 rings (SSSR count). The van der Waals surface area contributed by atoms with Gasteiger partial charge in [-0.05, 0) is 36.2 Å². The van der Waals surface area contributed by atoms with Gasteiger partial charge < -0.3 is 19.4 Å². The van der Waals surface area contributed by atoms with E-state index in [9.17, 15) is 0 Å². The maximum absolute atomic E-state index is 5.36. The topological polar surface area (TPSA) is 38.7 Å². The number of aromatic nitrogens is 1. The molecule has 1 aromatic heterocycles. The van der Waals surface area contributed by atoms with Gasteiger partial charge in [0.25, 0.3) is 0 Å². The highest BCUT2D eigenvalue weighted by Gasteiger charge is 2.22. The molecular weight excluding hydrogens is 302 g/mol. The molecule has 5 heteroatoms. The van der Waals surface area contributed by atoms with Crippen LogP contribution in [0.1, 0.15) is 17.7 Å². The second-order valence-electron chi connectivity index (χ2n) is 6.43. The fourth-order valence-electron chi connectivity index (χ4n) is 3.29. The Balaban J connectivity index is 1.53. The van der Waals surface area contributed by atoms with E-state index in [0.29, 0.717) is 6.04 Å². The zero-order chi connectivity index (χ0) is 16.9. The first kappa shape index (κ1) is 16.9. The van der Waals surface area contributed by atoms with Crippen LogP contribution >= 0.6 is 0 Å². The maximum atomic E-state index is 5.36. The van der Waals surface area contributed by atoms with Crippen molar-refractivity contribution in [3.63, 3.8) is 0 Å². The van der Waals surface area contributed by atoms with E-state index >= 15 is 0 Å². The van der Waals surface area contributed by atoms with Crippen molar-refractivity contribution in [3.8, 4) is 11.5 Å². The van der Waals surface area contributed by atoms with E-state index in [0.717, 1.165) is 37.7 Å². The second-order valence-corrected chi connectivity index (χ2v) is 6.43. The number of hydrogen-bond acceptors (Lipinski definition) is 4. The monoisotopic (exact) mass is 329 g/mol. The Morgan fingerprint density at radius 1 is 1.17 bits per heavy atom. The molecule has 0 bridgehead atoms. The molecule has 1 aliphatic heterocycles. The molecule has 5 nitrogen and oxygen atoms in total. The highest BCUT2D eigenvalue weighted by molar-refractivity contribution is 5.38. The van der Waals surface area contributed by atoms with E-state index in [2.05, 4.69) is 52.3 Å². The summed E-state index contributed by atoms with van der Waals surface area (Å²) in [6, 6.07) is 10.9. The summed E-state index contributed by atoms with van der Waals surface area (Å²) < 4.78 is 12.9. The predicted octanol–water partition coefficient (Wildman–Crippen LogP) is 2.41. The van der Waals surface area contributed by atoms with Crippen molar-refractivity contribution in [3.05, 3.63) is 47.8 Å². The quantitative estimate of drug-likeness (QED) is 0.847. The highest BCUT2D eigenvalue weighted by Crippen LogP contribution is 2.24. The van der Waals surface area contributed by atoms with Crippen molar-refractivity contribution in [2.75, 3.05) is 27.3 Å². The van der Waals surface area contributed by atoms with Gasteiger partial charge in [0.05, 0.1) is 14.2 Å².